The second kappa shape index (κ2) is 4.96. The molecule has 17 heavy (non-hydrogen) atoms. The van der Waals surface area contributed by atoms with Crippen LogP contribution >= 0.6 is 11.6 Å². The molecule has 3 nitrogen and oxygen atoms in total. The van der Waals surface area contributed by atoms with Crippen molar-refractivity contribution in [3.05, 3.63) is 29.3 Å². The number of sulfone groups is 1. The number of nitrogens with one attached hydrogen (secondary N) is 1. The minimum absolute atomic E-state index is 0.279. The van der Waals surface area contributed by atoms with E-state index in [-0.39, 0.29) is 5.25 Å². The number of hydrogen-bond acceptors (Lipinski definition) is 3. The molecule has 1 aromatic carbocycles. The summed E-state index contributed by atoms with van der Waals surface area (Å²) >= 11 is 5.84. The molecule has 1 N–H and O–H groups in total. The molecule has 0 spiro atoms. The lowest BCUT2D eigenvalue weighted by atomic mass is 10.3. The van der Waals surface area contributed by atoms with Gasteiger partial charge in [0.15, 0.2) is 9.84 Å². The van der Waals surface area contributed by atoms with Crippen LogP contribution in [0.15, 0.2) is 29.2 Å². The standard InChI is InChI=1S/C12H16ClNO2S/c1-14-10-5-6-12(8-10)17(15,16)11-4-2-3-9(13)7-11/h2-4,7,10,12,14H,5-6,8H2,1H3. The van der Waals surface area contributed by atoms with Gasteiger partial charge in [-0.15, -0.1) is 0 Å². The lowest BCUT2D eigenvalue weighted by Crippen LogP contribution is -2.25. The minimum atomic E-state index is -3.23. The van der Waals surface area contributed by atoms with E-state index in [1.54, 1.807) is 18.2 Å². The molecule has 1 saturated carbocycles. The topological polar surface area (TPSA) is 46.2 Å². The largest absolute Gasteiger partial charge is 0.317 e. The van der Waals surface area contributed by atoms with Crippen LogP contribution in [0.25, 0.3) is 0 Å². The molecule has 0 amide bonds. The van der Waals surface area contributed by atoms with Crippen LogP contribution in [0.3, 0.4) is 0 Å². The Morgan fingerprint density at radius 3 is 2.71 bits per heavy atom. The van der Waals surface area contributed by atoms with E-state index in [2.05, 4.69) is 5.32 Å². The highest BCUT2D eigenvalue weighted by atomic mass is 35.5. The summed E-state index contributed by atoms with van der Waals surface area (Å²) in [6.45, 7) is 0. The van der Waals surface area contributed by atoms with Crippen LogP contribution in [0.2, 0.25) is 5.02 Å². The van der Waals surface area contributed by atoms with Gasteiger partial charge in [0.1, 0.15) is 0 Å². The first kappa shape index (κ1) is 12.9. The first-order chi connectivity index (χ1) is 8.04. The third-order valence-corrected chi connectivity index (χ3v) is 5.81. The van der Waals surface area contributed by atoms with Crippen molar-refractivity contribution >= 4 is 21.4 Å². The van der Waals surface area contributed by atoms with E-state index >= 15 is 0 Å². The summed E-state index contributed by atoms with van der Waals surface area (Å²) in [7, 11) is -1.35. The quantitative estimate of drug-likeness (QED) is 0.919. The minimum Gasteiger partial charge on any atom is -0.317 e. The monoisotopic (exact) mass is 273 g/mol. The number of benzene rings is 1. The average Bonchev–Trinajstić information content (AvgIpc) is 2.78. The van der Waals surface area contributed by atoms with Gasteiger partial charge < -0.3 is 5.32 Å². The highest BCUT2D eigenvalue weighted by Gasteiger charge is 2.34. The Morgan fingerprint density at radius 1 is 1.35 bits per heavy atom. The summed E-state index contributed by atoms with van der Waals surface area (Å²) in [4.78, 5) is 0.340. The first-order valence-corrected chi connectivity index (χ1v) is 7.63. The van der Waals surface area contributed by atoms with Crippen molar-refractivity contribution in [2.75, 3.05) is 7.05 Å². The van der Waals surface area contributed by atoms with Gasteiger partial charge in [-0.3, -0.25) is 0 Å². The van der Waals surface area contributed by atoms with Crippen molar-refractivity contribution in [1.82, 2.24) is 5.32 Å². The zero-order valence-corrected chi connectivity index (χ0v) is 11.3. The van der Waals surface area contributed by atoms with Gasteiger partial charge in [0.05, 0.1) is 10.1 Å². The normalized spacial score (nSPS) is 25.1. The van der Waals surface area contributed by atoms with Crippen molar-refractivity contribution in [3.63, 3.8) is 0 Å². The average molecular weight is 274 g/mol. The summed E-state index contributed by atoms with van der Waals surface area (Å²) in [5, 5.41) is 3.33. The van der Waals surface area contributed by atoms with Gasteiger partial charge in [-0.05, 0) is 44.5 Å². The van der Waals surface area contributed by atoms with Crippen molar-refractivity contribution in [1.29, 1.82) is 0 Å². The molecule has 2 atom stereocenters. The van der Waals surface area contributed by atoms with Crippen LogP contribution in [0.4, 0.5) is 0 Å². The Bertz CT molecular complexity index is 501. The smallest absolute Gasteiger partial charge is 0.181 e. The number of rotatable bonds is 3. The van der Waals surface area contributed by atoms with E-state index in [4.69, 9.17) is 11.6 Å². The molecule has 1 aromatic rings. The molecule has 0 aliphatic heterocycles. The maximum absolute atomic E-state index is 12.4. The lowest BCUT2D eigenvalue weighted by molar-refractivity contribution is 0.564. The Labute approximate surface area is 107 Å². The third-order valence-electron chi connectivity index (χ3n) is 3.36. The highest BCUT2D eigenvalue weighted by molar-refractivity contribution is 7.92. The molecule has 2 rings (SSSR count). The molecule has 2 unspecified atom stereocenters. The molecule has 0 radical (unpaired) electrons. The second-order valence-electron chi connectivity index (χ2n) is 4.42. The first-order valence-electron chi connectivity index (χ1n) is 5.71. The fourth-order valence-corrected chi connectivity index (χ4v) is 4.45. The maximum Gasteiger partial charge on any atom is 0.181 e. The van der Waals surface area contributed by atoms with E-state index in [0.29, 0.717) is 22.4 Å². The summed E-state index contributed by atoms with van der Waals surface area (Å²) in [5.74, 6) is 0. The SMILES string of the molecule is CNC1CCC(S(=O)(=O)c2cccc(Cl)c2)C1. The Kier molecular flexibility index (Phi) is 3.76. The van der Waals surface area contributed by atoms with E-state index in [1.807, 2.05) is 7.05 Å². The predicted molar refractivity (Wildman–Crippen MR) is 69.1 cm³/mol. The fraction of sp³-hybridized carbons (Fsp3) is 0.500. The molecular weight excluding hydrogens is 258 g/mol. The molecule has 0 bridgehead atoms. The lowest BCUT2D eigenvalue weighted by Gasteiger charge is -2.12. The molecule has 0 heterocycles. The summed E-state index contributed by atoms with van der Waals surface area (Å²) < 4.78 is 24.7. The molecular formula is C12H16ClNO2S. The van der Waals surface area contributed by atoms with Crippen LogP contribution in [0, 0.1) is 0 Å². The third kappa shape index (κ3) is 2.64. The van der Waals surface area contributed by atoms with Crippen LogP contribution in [0.5, 0.6) is 0 Å². The van der Waals surface area contributed by atoms with E-state index in [0.717, 1.165) is 12.8 Å². The number of hydrogen-bond donors (Lipinski definition) is 1. The van der Waals surface area contributed by atoms with Crippen molar-refractivity contribution in [3.8, 4) is 0 Å². The summed E-state index contributed by atoms with van der Waals surface area (Å²) in [5.41, 5.74) is 0. The maximum atomic E-state index is 12.4. The van der Waals surface area contributed by atoms with Gasteiger partial charge >= 0.3 is 0 Å². The highest BCUT2D eigenvalue weighted by Crippen LogP contribution is 2.30. The summed E-state index contributed by atoms with van der Waals surface area (Å²) in [6, 6.07) is 6.83. The van der Waals surface area contributed by atoms with Crippen LogP contribution in [-0.4, -0.2) is 26.8 Å². The van der Waals surface area contributed by atoms with Gasteiger partial charge in [0, 0.05) is 11.1 Å². The van der Waals surface area contributed by atoms with Gasteiger partial charge in [-0.2, -0.15) is 0 Å². The van der Waals surface area contributed by atoms with Gasteiger partial charge in [-0.25, -0.2) is 8.42 Å². The van der Waals surface area contributed by atoms with E-state index in [1.165, 1.54) is 6.07 Å². The van der Waals surface area contributed by atoms with Gasteiger partial charge in [0.25, 0.3) is 0 Å². The van der Waals surface area contributed by atoms with Gasteiger partial charge in [-0.1, -0.05) is 17.7 Å². The van der Waals surface area contributed by atoms with Crippen molar-refractivity contribution < 1.29 is 8.42 Å². The van der Waals surface area contributed by atoms with Crippen molar-refractivity contribution in [2.24, 2.45) is 0 Å². The summed E-state index contributed by atoms with van der Waals surface area (Å²) in [6.07, 6.45) is 2.33. The molecule has 0 aromatic heterocycles. The molecule has 1 fully saturated rings. The molecule has 0 saturated heterocycles. The molecule has 5 heteroatoms. The van der Waals surface area contributed by atoms with E-state index in [9.17, 15) is 8.42 Å². The second-order valence-corrected chi connectivity index (χ2v) is 7.09. The predicted octanol–water partition coefficient (Wildman–Crippen LogP) is 2.25. The molecule has 1 aliphatic carbocycles. The Morgan fingerprint density at radius 2 is 2.12 bits per heavy atom. The molecule has 1 aliphatic rings. The van der Waals surface area contributed by atoms with Crippen molar-refractivity contribution in [2.45, 2.75) is 35.4 Å². The van der Waals surface area contributed by atoms with Crippen LogP contribution in [-0.2, 0) is 9.84 Å². The molecule has 94 valence electrons. The zero-order chi connectivity index (χ0) is 12.5. The Balaban J connectivity index is 2.25. The zero-order valence-electron chi connectivity index (χ0n) is 9.69. The fourth-order valence-electron chi connectivity index (χ4n) is 2.32. The van der Waals surface area contributed by atoms with Crippen LogP contribution in [0.1, 0.15) is 19.3 Å². The Hall–Kier alpha value is -0.580. The number of halogens is 1. The van der Waals surface area contributed by atoms with E-state index < -0.39 is 9.84 Å². The van der Waals surface area contributed by atoms with Gasteiger partial charge in [0.2, 0.25) is 0 Å². The van der Waals surface area contributed by atoms with Crippen LogP contribution < -0.4 is 5.32 Å².